The number of hydrogen-bond donors (Lipinski definition) is 2. The van der Waals surface area contributed by atoms with Gasteiger partial charge >= 0.3 is 0 Å². The Morgan fingerprint density at radius 3 is 2.97 bits per heavy atom. The van der Waals surface area contributed by atoms with Gasteiger partial charge in [0.2, 0.25) is 11.5 Å². The van der Waals surface area contributed by atoms with Gasteiger partial charge in [-0.05, 0) is 36.8 Å². The van der Waals surface area contributed by atoms with Crippen molar-refractivity contribution < 1.29 is 13.8 Å². The van der Waals surface area contributed by atoms with Crippen molar-refractivity contribution in [3.8, 4) is 0 Å². The molecule has 8 nitrogen and oxygen atoms in total. The topological polar surface area (TPSA) is 107 Å². The zero-order valence-corrected chi connectivity index (χ0v) is 15.9. The van der Waals surface area contributed by atoms with E-state index in [1.165, 1.54) is 10.5 Å². The SMILES string of the molecule is C=CCNC(=O)c1cc2c(=O)n3cc(C)ccc3nc2[n+](Cc2ccco2)c1N. The third kappa shape index (κ3) is 3.25. The van der Waals surface area contributed by atoms with E-state index in [1.807, 2.05) is 13.0 Å². The second-order valence-electron chi connectivity index (χ2n) is 6.70. The molecule has 3 N–H and O–H groups in total. The van der Waals surface area contributed by atoms with Crippen molar-refractivity contribution in [2.45, 2.75) is 13.5 Å². The van der Waals surface area contributed by atoms with Crippen molar-refractivity contribution in [3.05, 3.63) is 82.7 Å². The lowest BCUT2D eigenvalue weighted by molar-refractivity contribution is -0.651. The van der Waals surface area contributed by atoms with Gasteiger partial charge in [0.1, 0.15) is 23.3 Å². The smallest absolute Gasteiger partial charge is 0.278 e. The molecule has 0 fully saturated rings. The second-order valence-corrected chi connectivity index (χ2v) is 6.70. The Labute approximate surface area is 165 Å². The number of nitrogens with one attached hydrogen (secondary N) is 1. The molecule has 0 aliphatic carbocycles. The molecule has 0 aliphatic rings. The third-order valence-electron chi connectivity index (χ3n) is 4.64. The summed E-state index contributed by atoms with van der Waals surface area (Å²) in [7, 11) is 0. The van der Waals surface area contributed by atoms with Crippen LogP contribution in [0.25, 0.3) is 16.7 Å². The number of aromatic nitrogens is 3. The van der Waals surface area contributed by atoms with Gasteiger partial charge < -0.3 is 15.5 Å². The quantitative estimate of drug-likeness (QED) is 0.306. The van der Waals surface area contributed by atoms with Crippen LogP contribution in [0.2, 0.25) is 0 Å². The maximum absolute atomic E-state index is 13.2. The number of fused-ring (bicyclic) bond motifs is 2. The predicted octanol–water partition coefficient (Wildman–Crippen LogP) is 1.58. The van der Waals surface area contributed by atoms with Crippen LogP contribution in [-0.2, 0) is 6.54 Å². The average Bonchev–Trinajstić information content (AvgIpc) is 3.22. The Bertz CT molecular complexity index is 1310. The highest BCUT2D eigenvalue weighted by molar-refractivity contribution is 6.00. The average molecular weight is 390 g/mol. The number of nitrogens with two attached hydrogens (primary N) is 1. The number of furan rings is 1. The molecular weight excluding hydrogens is 370 g/mol. The summed E-state index contributed by atoms with van der Waals surface area (Å²) < 4.78 is 8.53. The van der Waals surface area contributed by atoms with Crippen molar-refractivity contribution in [2.75, 3.05) is 12.3 Å². The van der Waals surface area contributed by atoms with Gasteiger partial charge in [0.15, 0.2) is 0 Å². The fraction of sp³-hybridized carbons (Fsp3) is 0.143. The molecule has 0 unspecified atom stereocenters. The largest absolute Gasteiger partial charge is 0.466 e. The number of anilines is 1. The maximum atomic E-state index is 13.2. The molecule has 0 radical (unpaired) electrons. The first-order chi connectivity index (χ1) is 14.0. The Kier molecular flexibility index (Phi) is 4.59. The van der Waals surface area contributed by atoms with Crippen molar-refractivity contribution in [3.63, 3.8) is 0 Å². The summed E-state index contributed by atoms with van der Waals surface area (Å²) in [5.41, 5.74) is 8.05. The van der Waals surface area contributed by atoms with E-state index < -0.39 is 5.91 Å². The van der Waals surface area contributed by atoms with Gasteiger partial charge in [-0.25, -0.2) is 4.57 Å². The first-order valence-electron chi connectivity index (χ1n) is 9.06. The van der Waals surface area contributed by atoms with Crippen LogP contribution in [0.4, 0.5) is 5.82 Å². The third-order valence-corrected chi connectivity index (χ3v) is 4.64. The molecule has 0 atom stereocenters. The standard InChI is InChI=1S/C21H19N5O3/c1-3-8-23-20(27)15-10-16-19(26(18(15)22)12-14-5-4-9-29-14)24-17-7-6-13(2)11-25(17)21(16)28/h3-7,9-11,22H,1,8,12H2,2H3,(H,23,27)/p+1. The first kappa shape index (κ1) is 18.4. The lowest BCUT2D eigenvalue weighted by Crippen LogP contribution is -2.43. The summed E-state index contributed by atoms with van der Waals surface area (Å²) in [6.45, 7) is 6.00. The predicted molar refractivity (Wildman–Crippen MR) is 109 cm³/mol. The molecule has 4 aromatic heterocycles. The fourth-order valence-electron chi connectivity index (χ4n) is 3.22. The van der Waals surface area contributed by atoms with E-state index >= 15 is 0 Å². The van der Waals surface area contributed by atoms with Crippen LogP contribution in [0, 0.1) is 6.92 Å². The first-order valence-corrected chi connectivity index (χ1v) is 9.06. The number of carbonyl (C=O) groups excluding carboxylic acids is 1. The van der Waals surface area contributed by atoms with Crippen molar-refractivity contribution in [1.82, 2.24) is 14.7 Å². The highest BCUT2D eigenvalue weighted by atomic mass is 16.3. The number of hydrogen-bond acceptors (Lipinski definition) is 5. The zero-order chi connectivity index (χ0) is 20.5. The summed E-state index contributed by atoms with van der Waals surface area (Å²) in [6, 6.07) is 8.69. The van der Waals surface area contributed by atoms with Crippen molar-refractivity contribution in [2.24, 2.45) is 0 Å². The van der Waals surface area contributed by atoms with Gasteiger partial charge in [0, 0.05) is 12.7 Å². The Hall–Kier alpha value is -3.94. The minimum atomic E-state index is -0.397. The summed E-state index contributed by atoms with van der Waals surface area (Å²) in [6.07, 6.45) is 4.84. The molecule has 0 spiro atoms. The fourth-order valence-corrected chi connectivity index (χ4v) is 3.22. The molecule has 0 aliphatic heterocycles. The van der Waals surface area contributed by atoms with E-state index in [1.54, 1.807) is 41.3 Å². The van der Waals surface area contributed by atoms with Crippen LogP contribution in [-0.4, -0.2) is 21.8 Å². The van der Waals surface area contributed by atoms with E-state index in [4.69, 9.17) is 10.2 Å². The number of pyridine rings is 2. The van der Waals surface area contributed by atoms with E-state index in [-0.39, 0.29) is 35.4 Å². The number of nitrogen functional groups attached to an aromatic ring is 1. The Morgan fingerprint density at radius 1 is 1.41 bits per heavy atom. The van der Waals surface area contributed by atoms with E-state index in [0.29, 0.717) is 17.1 Å². The monoisotopic (exact) mass is 390 g/mol. The molecule has 0 aromatic carbocycles. The van der Waals surface area contributed by atoms with Crippen LogP contribution in [0.5, 0.6) is 0 Å². The number of amides is 1. The summed E-state index contributed by atoms with van der Waals surface area (Å²) in [5.74, 6) is 0.419. The molecule has 146 valence electrons. The summed E-state index contributed by atoms with van der Waals surface area (Å²) in [5, 5.41) is 2.99. The normalized spacial score (nSPS) is 11.1. The van der Waals surface area contributed by atoms with Crippen LogP contribution < -0.4 is 21.2 Å². The summed E-state index contributed by atoms with van der Waals surface area (Å²) in [4.78, 5) is 30.5. The van der Waals surface area contributed by atoms with Crippen LogP contribution in [0.15, 0.2) is 64.7 Å². The van der Waals surface area contributed by atoms with Crippen LogP contribution in [0.3, 0.4) is 0 Å². The van der Waals surface area contributed by atoms with Gasteiger partial charge in [0.25, 0.3) is 17.1 Å². The molecule has 0 bridgehead atoms. The Morgan fingerprint density at radius 2 is 2.24 bits per heavy atom. The number of nitrogens with zero attached hydrogens (tertiary/aromatic N) is 3. The molecule has 29 heavy (non-hydrogen) atoms. The van der Waals surface area contributed by atoms with E-state index in [2.05, 4.69) is 16.9 Å². The molecule has 4 aromatic rings. The van der Waals surface area contributed by atoms with Gasteiger partial charge in [-0.2, -0.15) is 0 Å². The minimum absolute atomic E-state index is 0.192. The number of aryl methyl sites for hydroxylation is 1. The highest BCUT2D eigenvalue weighted by Crippen LogP contribution is 2.16. The molecule has 4 heterocycles. The van der Waals surface area contributed by atoms with Crippen LogP contribution in [0.1, 0.15) is 21.7 Å². The van der Waals surface area contributed by atoms with Crippen molar-refractivity contribution >= 4 is 28.4 Å². The maximum Gasteiger partial charge on any atom is 0.278 e. The number of rotatable bonds is 5. The van der Waals surface area contributed by atoms with E-state index in [9.17, 15) is 9.59 Å². The van der Waals surface area contributed by atoms with E-state index in [0.717, 1.165) is 5.56 Å². The second kappa shape index (κ2) is 7.23. The summed E-state index contributed by atoms with van der Waals surface area (Å²) >= 11 is 0. The van der Waals surface area contributed by atoms with Crippen molar-refractivity contribution in [1.29, 1.82) is 0 Å². The number of carbonyl (C=O) groups is 1. The van der Waals surface area contributed by atoms with Gasteiger partial charge in [-0.3, -0.25) is 14.0 Å². The van der Waals surface area contributed by atoms with Gasteiger partial charge in [-0.15, -0.1) is 6.58 Å². The minimum Gasteiger partial charge on any atom is -0.466 e. The Balaban J connectivity index is 2.04. The van der Waals surface area contributed by atoms with Crippen LogP contribution >= 0.6 is 0 Å². The molecule has 0 saturated heterocycles. The van der Waals surface area contributed by atoms with Gasteiger partial charge in [0.05, 0.1) is 6.26 Å². The lowest BCUT2D eigenvalue weighted by Gasteiger charge is -2.11. The zero-order valence-electron chi connectivity index (χ0n) is 15.9. The molecular formula is C21H20N5O3+. The highest BCUT2D eigenvalue weighted by Gasteiger charge is 2.25. The molecule has 4 rings (SSSR count). The molecule has 1 amide bonds. The molecule has 0 saturated carbocycles. The van der Waals surface area contributed by atoms with Gasteiger partial charge in [-0.1, -0.05) is 17.1 Å². The lowest BCUT2D eigenvalue weighted by atomic mass is 10.1. The molecule has 8 heteroatoms.